The molecule has 0 aliphatic heterocycles. The molecule has 1 atom stereocenters. The molecule has 0 amide bonds. The minimum atomic E-state index is 0.325. The second-order valence-electron chi connectivity index (χ2n) is 3.54. The zero-order chi connectivity index (χ0) is 10.1. The number of nitrogen functional groups attached to an aromatic ring is 1. The molecule has 0 bridgehead atoms. The summed E-state index contributed by atoms with van der Waals surface area (Å²) in [4.78, 5) is 4.07. The van der Waals surface area contributed by atoms with E-state index in [1.54, 1.807) is 4.52 Å². The van der Waals surface area contributed by atoms with Crippen molar-refractivity contribution in [3.8, 4) is 0 Å². The van der Waals surface area contributed by atoms with Gasteiger partial charge < -0.3 is 5.73 Å². The monoisotopic (exact) mass is 190 g/mol. The van der Waals surface area contributed by atoms with Gasteiger partial charge in [-0.2, -0.15) is 4.98 Å². The van der Waals surface area contributed by atoms with Gasteiger partial charge >= 0.3 is 0 Å². The van der Waals surface area contributed by atoms with Crippen LogP contribution in [-0.2, 0) is 0 Å². The number of aromatic nitrogens is 3. The van der Waals surface area contributed by atoms with Crippen LogP contribution < -0.4 is 5.73 Å². The number of hydrogen-bond acceptors (Lipinski definition) is 3. The Morgan fingerprint density at radius 1 is 1.50 bits per heavy atom. The van der Waals surface area contributed by atoms with E-state index in [9.17, 15) is 0 Å². The van der Waals surface area contributed by atoms with Crippen LogP contribution in [0.4, 0.5) is 5.95 Å². The second kappa shape index (κ2) is 3.29. The normalized spacial score (nSPS) is 13.3. The molecule has 2 aromatic rings. The third kappa shape index (κ3) is 1.43. The molecule has 2 aromatic heterocycles. The van der Waals surface area contributed by atoms with Crippen molar-refractivity contribution >= 4 is 11.6 Å². The van der Waals surface area contributed by atoms with E-state index in [0.717, 1.165) is 12.1 Å². The summed E-state index contributed by atoms with van der Waals surface area (Å²) in [7, 11) is 0. The smallest absolute Gasteiger partial charge is 0.240 e. The Labute approximate surface area is 82.8 Å². The Hall–Kier alpha value is -1.58. The van der Waals surface area contributed by atoms with Crippen molar-refractivity contribution in [3.63, 3.8) is 0 Å². The average Bonchev–Trinajstić information content (AvgIpc) is 2.55. The van der Waals surface area contributed by atoms with E-state index in [1.165, 1.54) is 5.56 Å². The summed E-state index contributed by atoms with van der Waals surface area (Å²) >= 11 is 0. The highest BCUT2D eigenvalue weighted by atomic mass is 15.3. The van der Waals surface area contributed by atoms with Crippen molar-refractivity contribution in [1.82, 2.24) is 14.6 Å². The van der Waals surface area contributed by atoms with Crippen LogP contribution in [0.3, 0.4) is 0 Å². The molecule has 2 N–H and O–H groups in total. The molecule has 74 valence electrons. The highest BCUT2D eigenvalue weighted by Crippen LogP contribution is 2.18. The summed E-state index contributed by atoms with van der Waals surface area (Å²) in [6.07, 6.45) is 3.11. The molecule has 0 aromatic carbocycles. The lowest BCUT2D eigenvalue weighted by molar-refractivity contribution is 0.723. The highest BCUT2D eigenvalue weighted by molar-refractivity contribution is 5.42. The van der Waals surface area contributed by atoms with Gasteiger partial charge in [-0.3, -0.25) is 0 Å². The first-order valence-corrected chi connectivity index (χ1v) is 4.82. The molecule has 2 heterocycles. The molecular weight excluding hydrogens is 176 g/mol. The van der Waals surface area contributed by atoms with Crippen molar-refractivity contribution in [2.24, 2.45) is 0 Å². The molecule has 2 rings (SSSR count). The van der Waals surface area contributed by atoms with E-state index in [0.29, 0.717) is 11.9 Å². The average molecular weight is 190 g/mol. The molecule has 0 radical (unpaired) electrons. The Bertz CT molecular complexity index is 446. The van der Waals surface area contributed by atoms with Gasteiger partial charge in [-0.1, -0.05) is 19.9 Å². The topological polar surface area (TPSA) is 56.2 Å². The van der Waals surface area contributed by atoms with Gasteiger partial charge in [0.15, 0.2) is 5.65 Å². The van der Waals surface area contributed by atoms with E-state index in [4.69, 9.17) is 5.73 Å². The number of nitrogens with two attached hydrogens (primary N) is 1. The summed E-state index contributed by atoms with van der Waals surface area (Å²) in [5, 5.41) is 4.07. The maximum absolute atomic E-state index is 5.51. The molecule has 0 saturated carbocycles. The van der Waals surface area contributed by atoms with Gasteiger partial charge in [0.05, 0.1) is 0 Å². The number of nitrogens with zero attached hydrogens (tertiary/aromatic N) is 3. The number of anilines is 1. The van der Waals surface area contributed by atoms with Crippen molar-refractivity contribution in [2.45, 2.75) is 26.2 Å². The van der Waals surface area contributed by atoms with E-state index >= 15 is 0 Å². The minimum Gasteiger partial charge on any atom is -0.366 e. The van der Waals surface area contributed by atoms with Gasteiger partial charge in [-0.25, -0.2) is 4.52 Å². The Balaban J connectivity index is 2.50. The molecule has 0 spiro atoms. The molecule has 1 unspecified atom stereocenters. The third-order valence-corrected chi connectivity index (χ3v) is 2.55. The molecule has 4 nitrogen and oxygen atoms in total. The number of pyridine rings is 1. The number of hydrogen-bond donors (Lipinski definition) is 1. The standard InChI is InChI=1S/C10H14N4/c1-3-7(2)8-4-5-9-12-10(11)13-14(9)6-8/h4-7H,3H2,1-2H3,(H2,11,13). The highest BCUT2D eigenvalue weighted by Gasteiger charge is 2.05. The van der Waals surface area contributed by atoms with Gasteiger partial charge in [-0.15, -0.1) is 5.10 Å². The van der Waals surface area contributed by atoms with E-state index in [-0.39, 0.29) is 0 Å². The quantitative estimate of drug-likeness (QED) is 0.785. The molecular formula is C10H14N4. The fourth-order valence-corrected chi connectivity index (χ4v) is 1.44. The van der Waals surface area contributed by atoms with Crippen LogP contribution in [0.1, 0.15) is 31.7 Å². The summed E-state index contributed by atoms with van der Waals surface area (Å²) < 4.78 is 1.73. The van der Waals surface area contributed by atoms with Crippen molar-refractivity contribution in [2.75, 3.05) is 5.73 Å². The maximum Gasteiger partial charge on any atom is 0.240 e. The lowest BCUT2D eigenvalue weighted by Gasteiger charge is -2.07. The van der Waals surface area contributed by atoms with Gasteiger partial charge in [0, 0.05) is 6.20 Å². The lowest BCUT2D eigenvalue weighted by Crippen LogP contribution is -1.96. The first-order chi connectivity index (χ1) is 6.70. The van der Waals surface area contributed by atoms with E-state index < -0.39 is 0 Å². The summed E-state index contributed by atoms with van der Waals surface area (Å²) in [5.41, 5.74) is 7.58. The summed E-state index contributed by atoms with van der Waals surface area (Å²) in [6.45, 7) is 4.37. The third-order valence-electron chi connectivity index (χ3n) is 2.55. The van der Waals surface area contributed by atoms with Gasteiger partial charge in [0.1, 0.15) is 0 Å². The molecule has 14 heavy (non-hydrogen) atoms. The maximum atomic E-state index is 5.51. The van der Waals surface area contributed by atoms with Crippen LogP contribution in [0.2, 0.25) is 0 Å². The van der Waals surface area contributed by atoms with Crippen molar-refractivity contribution in [1.29, 1.82) is 0 Å². The van der Waals surface area contributed by atoms with Crippen LogP contribution in [0, 0.1) is 0 Å². The van der Waals surface area contributed by atoms with Crippen molar-refractivity contribution < 1.29 is 0 Å². The Morgan fingerprint density at radius 2 is 2.29 bits per heavy atom. The van der Waals surface area contributed by atoms with Gasteiger partial charge in [0.25, 0.3) is 0 Å². The van der Waals surface area contributed by atoms with E-state index in [1.807, 2.05) is 12.3 Å². The van der Waals surface area contributed by atoms with Crippen LogP contribution in [-0.4, -0.2) is 14.6 Å². The zero-order valence-electron chi connectivity index (χ0n) is 8.44. The largest absolute Gasteiger partial charge is 0.366 e. The van der Waals surface area contributed by atoms with E-state index in [2.05, 4.69) is 30.0 Å². The van der Waals surface area contributed by atoms with Crippen molar-refractivity contribution in [3.05, 3.63) is 23.9 Å². The molecule has 0 aliphatic rings. The predicted molar refractivity (Wildman–Crippen MR) is 56.1 cm³/mol. The first-order valence-electron chi connectivity index (χ1n) is 4.82. The number of fused-ring (bicyclic) bond motifs is 1. The predicted octanol–water partition coefficient (Wildman–Crippen LogP) is 1.82. The fourth-order valence-electron chi connectivity index (χ4n) is 1.44. The lowest BCUT2D eigenvalue weighted by atomic mass is 10.0. The first kappa shape index (κ1) is 8.99. The van der Waals surface area contributed by atoms with Crippen LogP contribution in [0.5, 0.6) is 0 Å². The van der Waals surface area contributed by atoms with Crippen LogP contribution >= 0.6 is 0 Å². The molecule has 0 fully saturated rings. The van der Waals surface area contributed by atoms with Gasteiger partial charge in [0.2, 0.25) is 5.95 Å². The summed E-state index contributed by atoms with van der Waals surface area (Å²) in [5.74, 6) is 0.871. The zero-order valence-corrected chi connectivity index (χ0v) is 8.44. The Morgan fingerprint density at radius 3 is 3.00 bits per heavy atom. The van der Waals surface area contributed by atoms with Crippen LogP contribution in [0.15, 0.2) is 18.3 Å². The number of rotatable bonds is 2. The fraction of sp³-hybridized carbons (Fsp3) is 0.400. The molecule has 0 saturated heterocycles. The van der Waals surface area contributed by atoms with Gasteiger partial charge in [-0.05, 0) is 24.0 Å². The molecule has 4 heteroatoms. The SMILES string of the molecule is CCC(C)c1ccc2nc(N)nn2c1. The Kier molecular flexibility index (Phi) is 2.11. The summed E-state index contributed by atoms with van der Waals surface area (Å²) in [6, 6.07) is 4.03. The van der Waals surface area contributed by atoms with Crippen LogP contribution in [0.25, 0.3) is 5.65 Å². The minimum absolute atomic E-state index is 0.325. The second-order valence-corrected chi connectivity index (χ2v) is 3.54. The molecule has 0 aliphatic carbocycles.